The van der Waals surface area contributed by atoms with Crippen LogP contribution < -0.4 is 0 Å². The Bertz CT molecular complexity index is 1510. The number of thioether (sulfide) groups is 1. The second kappa shape index (κ2) is 12.9. The van der Waals surface area contributed by atoms with Crippen molar-refractivity contribution in [2.75, 3.05) is 26.4 Å². The average molecular weight is 703 g/mol. The molecule has 2 atom stereocenters. The van der Waals surface area contributed by atoms with Crippen molar-refractivity contribution >= 4 is 54.4 Å². The average Bonchev–Trinajstić information content (AvgIpc) is 3.44. The van der Waals surface area contributed by atoms with Gasteiger partial charge in [-0.25, -0.2) is 4.99 Å². The van der Waals surface area contributed by atoms with Gasteiger partial charge >= 0.3 is 0 Å². The summed E-state index contributed by atoms with van der Waals surface area (Å²) in [6, 6.07) is 15.8. The summed E-state index contributed by atoms with van der Waals surface area (Å²) in [5.74, 6) is 0.126. The molecule has 250 valence electrons. The van der Waals surface area contributed by atoms with E-state index in [1.54, 1.807) is 0 Å². The molecule has 0 bridgehead atoms. The van der Waals surface area contributed by atoms with E-state index < -0.39 is 13.9 Å². The summed E-state index contributed by atoms with van der Waals surface area (Å²) in [5.41, 5.74) is 2.33. The van der Waals surface area contributed by atoms with Crippen LogP contribution in [0.1, 0.15) is 72.6 Å². The fourth-order valence-electron chi connectivity index (χ4n) is 6.21. The van der Waals surface area contributed by atoms with E-state index in [1.165, 1.54) is 11.8 Å². The zero-order valence-electron chi connectivity index (χ0n) is 28.9. The largest absolute Gasteiger partial charge is 0.416 e. The quantitative estimate of drug-likeness (QED) is 0.231. The lowest BCUT2D eigenvalue weighted by molar-refractivity contribution is -0.157. The molecule has 2 aromatic rings. The van der Waals surface area contributed by atoms with Gasteiger partial charge in [0.15, 0.2) is 13.5 Å². The van der Waals surface area contributed by atoms with Crippen LogP contribution >= 0.6 is 35.0 Å². The van der Waals surface area contributed by atoms with E-state index in [2.05, 4.69) is 97.6 Å². The number of hydrogen-bond donors (Lipinski definition) is 0. The van der Waals surface area contributed by atoms with Crippen LogP contribution in [0, 0.1) is 11.3 Å². The van der Waals surface area contributed by atoms with E-state index in [1.807, 2.05) is 29.2 Å². The molecule has 3 aliphatic rings. The third-order valence-corrected chi connectivity index (χ3v) is 16.2. The number of carbonyl (C=O) groups is 1. The van der Waals surface area contributed by atoms with E-state index in [0.29, 0.717) is 36.4 Å². The molecule has 0 aromatic heterocycles. The molecule has 0 spiro atoms. The number of nitrogens with zero attached hydrogens (tertiary/aromatic N) is 3. The van der Waals surface area contributed by atoms with Crippen LogP contribution in [0.2, 0.25) is 28.2 Å². The Morgan fingerprint density at radius 1 is 1.07 bits per heavy atom. The third-order valence-electron chi connectivity index (χ3n) is 10.1. The van der Waals surface area contributed by atoms with Crippen LogP contribution in [0.15, 0.2) is 64.1 Å². The van der Waals surface area contributed by atoms with Crippen molar-refractivity contribution in [2.45, 2.75) is 91.1 Å². The Morgan fingerprint density at radius 3 is 2.11 bits per heavy atom. The molecule has 3 heterocycles. The second-order valence-electron chi connectivity index (χ2n) is 15.4. The molecular formula is C36H49Cl2N3O3SSi. The number of hydrogen-bond acceptors (Lipinski definition) is 6. The van der Waals surface area contributed by atoms with Crippen LogP contribution in [0.3, 0.4) is 0 Å². The molecule has 1 fully saturated rings. The Labute approximate surface area is 291 Å². The molecular weight excluding hydrogens is 653 g/mol. The molecule has 6 nitrogen and oxygen atoms in total. The molecule has 10 heteroatoms. The normalized spacial score (nSPS) is 22.8. The molecule has 1 amide bonds. The molecule has 0 radical (unpaired) electrons. The van der Waals surface area contributed by atoms with Gasteiger partial charge in [-0.1, -0.05) is 82.1 Å². The fraction of sp³-hybridized carbons (Fsp3) is 0.556. The predicted molar refractivity (Wildman–Crippen MR) is 195 cm³/mol. The van der Waals surface area contributed by atoms with Gasteiger partial charge in [0.2, 0.25) is 0 Å². The number of aliphatic imine (C=N–C) groups is 1. The number of fused-ring (bicyclic) bond motifs is 1. The number of amidine groups is 1. The van der Waals surface area contributed by atoms with Gasteiger partial charge in [-0.2, -0.15) is 0 Å². The van der Waals surface area contributed by atoms with E-state index in [9.17, 15) is 4.79 Å². The summed E-state index contributed by atoms with van der Waals surface area (Å²) in [4.78, 5) is 25.2. The maximum absolute atomic E-state index is 14.7. The van der Waals surface area contributed by atoms with Crippen molar-refractivity contribution in [3.63, 3.8) is 0 Å². The molecule has 46 heavy (non-hydrogen) atoms. The van der Waals surface area contributed by atoms with Gasteiger partial charge in [0, 0.05) is 34.9 Å². The van der Waals surface area contributed by atoms with Crippen molar-refractivity contribution in [2.24, 2.45) is 16.3 Å². The number of carbonyl (C=O) groups excluding carboxylic acids is 1. The van der Waals surface area contributed by atoms with Gasteiger partial charge in [0.1, 0.15) is 10.4 Å². The zero-order chi connectivity index (χ0) is 33.8. The molecule has 0 aliphatic carbocycles. The highest BCUT2D eigenvalue weighted by molar-refractivity contribution is 8.18. The number of rotatable bonds is 10. The number of amides is 1. The van der Waals surface area contributed by atoms with Crippen LogP contribution in [0.25, 0.3) is 0 Å². The van der Waals surface area contributed by atoms with Crippen molar-refractivity contribution in [1.82, 2.24) is 9.80 Å². The highest BCUT2D eigenvalue weighted by atomic mass is 35.5. The van der Waals surface area contributed by atoms with Gasteiger partial charge in [-0.05, 0) is 92.0 Å². The summed E-state index contributed by atoms with van der Waals surface area (Å²) >= 11 is 14.1. The van der Waals surface area contributed by atoms with E-state index in [0.717, 1.165) is 26.9 Å². The number of benzene rings is 2. The predicted octanol–water partition coefficient (Wildman–Crippen LogP) is 9.51. The summed E-state index contributed by atoms with van der Waals surface area (Å²) in [6.07, 6.45) is 0. The first kappa shape index (κ1) is 35.5. The lowest BCUT2D eigenvalue weighted by Gasteiger charge is -2.48. The van der Waals surface area contributed by atoms with Gasteiger partial charge < -0.3 is 19.0 Å². The van der Waals surface area contributed by atoms with Crippen molar-refractivity contribution in [1.29, 1.82) is 0 Å². The summed E-state index contributed by atoms with van der Waals surface area (Å²) in [7, 11) is -1.97. The fourth-order valence-corrected chi connectivity index (χ4v) is 8.92. The first-order chi connectivity index (χ1) is 21.4. The summed E-state index contributed by atoms with van der Waals surface area (Å²) < 4.78 is 12.5. The maximum Gasteiger partial charge on any atom is 0.262 e. The molecule has 2 aromatic carbocycles. The van der Waals surface area contributed by atoms with E-state index in [4.69, 9.17) is 37.4 Å². The van der Waals surface area contributed by atoms with E-state index >= 15 is 0 Å². The topological polar surface area (TPSA) is 54.4 Å². The molecule has 3 aliphatic heterocycles. The first-order valence-corrected chi connectivity index (χ1v) is 20.7. The Morgan fingerprint density at radius 2 is 1.63 bits per heavy atom. The molecule has 5 rings (SSSR count). The molecule has 0 unspecified atom stereocenters. The van der Waals surface area contributed by atoms with Gasteiger partial charge in [-0.3, -0.25) is 4.79 Å². The Hall–Kier alpha value is -1.81. The van der Waals surface area contributed by atoms with Crippen LogP contribution in [-0.2, 0) is 19.5 Å². The number of ether oxygens (including phenoxy) is 1. The Kier molecular flexibility index (Phi) is 9.95. The monoisotopic (exact) mass is 701 g/mol. The smallest absolute Gasteiger partial charge is 0.262 e. The second-order valence-corrected chi connectivity index (χ2v) is 22.1. The van der Waals surface area contributed by atoms with Crippen LogP contribution in [0.5, 0.6) is 0 Å². The lowest BCUT2D eigenvalue weighted by atomic mass is 9.81. The molecule has 0 saturated carbocycles. The van der Waals surface area contributed by atoms with Crippen LogP contribution in [0.4, 0.5) is 0 Å². The van der Waals surface area contributed by atoms with Crippen molar-refractivity contribution in [3.8, 4) is 0 Å². The summed E-state index contributed by atoms with van der Waals surface area (Å²) in [5, 5.41) is 2.32. The third kappa shape index (κ3) is 6.59. The standard InChI is InChI=1S/C36H49Cl2N3O3SSi/c1-23(2)29-30(32(42)40(24(3)4)19-36(20-43-21-36)22-44-46(9,10)34(5,6)7)45-33-39-35(8,26-13-17-28(38)18-14-26)31(41(29)33)25-11-15-27(37)16-12-25/h11-18,23-24,31H,19-22H2,1-10H3/t31-,35+/m1/s1. The minimum Gasteiger partial charge on any atom is -0.416 e. The van der Waals surface area contributed by atoms with Crippen LogP contribution in [-0.4, -0.2) is 61.6 Å². The minimum absolute atomic E-state index is 0.00290. The molecule has 0 N–H and O–H groups in total. The van der Waals surface area contributed by atoms with Gasteiger partial charge in [-0.15, -0.1) is 0 Å². The van der Waals surface area contributed by atoms with Gasteiger partial charge in [0.05, 0.1) is 24.7 Å². The maximum atomic E-state index is 14.7. The highest BCUT2D eigenvalue weighted by Crippen LogP contribution is 2.56. The molecule has 1 saturated heterocycles. The zero-order valence-corrected chi connectivity index (χ0v) is 32.2. The van der Waals surface area contributed by atoms with E-state index in [-0.39, 0.29) is 34.4 Å². The SMILES string of the molecule is CC(C)C1=C(C(=O)N(CC2(CO[Si](C)(C)C(C)(C)C)COC2)C(C)C)SC2=N[C@@](C)(c3ccc(Cl)cc3)[C@@H](c3ccc(Cl)cc3)N21. The highest BCUT2D eigenvalue weighted by Gasteiger charge is 2.54. The summed E-state index contributed by atoms with van der Waals surface area (Å²) in [6.45, 7) is 24.4. The van der Waals surface area contributed by atoms with Crippen molar-refractivity contribution in [3.05, 3.63) is 80.3 Å². The lowest BCUT2D eigenvalue weighted by Crippen LogP contribution is -2.58. The minimum atomic E-state index is -1.97. The Balaban J connectivity index is 1.51. The van der Waals surface area contributed by atoms with Gasteiger partial charge in [0.25, 0.3) is 5.91 Å². The number of allylic oxidation sites excluding steroid dienone is 1. The van der Waals surface area contributed by atoms with Crippen molar-refractivity contribution < 1.29 is 14.0 Å². The first-order valence-electron chi connectivity index (χ1n) is 16.2. The number of halogens is 2.